The second-order valence-electron chi connectivity index (χ2n) is 13.3. The molecule has 1 spiro atoms. The molecular formula is C32H34N6O4. The van der Waals surface area contributed by atoms with E-state index in [2.05, 4.69) is 39.0 Å². The van der Waals surface area contributed by atoms with Crippen LogP contribution in [-0.4, -0.2) is 59.3 Å². The van der Waals surface area contributed by atoms with E-state index in [1.165, 1.54) is 4.90 Å². The molecule has 3 N–H and O–H groups in total. The number of carbonyl (C=O) groups excluding carboxylic acids is 4. The number of nitrogens with zero attached hydrogens (tertiary/aromatic N) is 3. The van der Waals surface area contributed by atoms with Crippen LogP contribution >= 0.6 is 0 Å². The Bertz CT molecular complexity index is 1730. The predicted molar refractivity (Wildman–Crippen MR) is 158 cm³/mol. The smallest absolute Gasteiger partial charge is 0.324 e. The number of benzene rings is 2. The lowest BCUT2D eigenvalue weighted by Gasteiger charge is -2.35. The fourth-order valence-corrected chi connectivity index (χ4v) is 7.15. The number of hydrogen-bond acceptors (Lipinski definition) is 6. The van der Waals surface area contributed by atoms with Gasteiger partial charge in [0.05, 0.1) is 17.8 Å². The van der Waals surface area contributed by atoms with Gasteiger partial charge in [-0.25, -0.2) is 4.79 Å². The van der Waals surface area contributed by atoms with Crippen LogP contribution in [0.1, 0.15) is 49.6 Å². The first-order chi connectivity index (χ1) is 19.9. The summed E-state index contributed by atoms with van der Waals surface area (Å²) >= 11 is 0. The van der Waals surface area contributed by atoms with Gasteiger partial charge in [0.25, 0.3) is 5.91 Å². The topological polar surface area (TPSA) is 124 Å². The highest BCUT2D eigenvalue weighted by molar-refractivity contribution is 6.08. The van der Waals surface area contributed by atoms with Crippen molar-refractivity contribution in [3.63, 3.8) is 0 Å². The number of imide groups is 1. The maximum absolute atomic E-state index is 12.8. The lowest BCUT2D eigenvalue weighted by molar-refractivity contribution is -0.129. The Kier molecular flexibility index (Phi) is 5.52. The van der Waals surface area contributed by atoms with E-state index in [1.807, 2.05) is 45.0 Å². The van der Waals surface area contributed by atoms with Crippen molar-refractivity contribution in [1.29, 1.82) is 0 Å². The molecule has 7 rings (SSSR count). The summed E-state index contributed by atoms with van der Waals surface area (Å²) in [6.45, 7) is 7.15. The number of hydrogen-bond donors (Lipinski definition) is 3. The minimum atomic E-state index is -0.875. The SMILES string of the molecule is CN1C(=O)NC(=O)C12Cc1cc3ccc(CN4CC5(CNC(=O)C(C)(C)C)CC(=O)Nc6cccc4c65)nc3cc1C2. The molecular weight excluding hydrogens is 532 g/mol. The summed E-state index contributed by atoms with van der Waals surface area (Å²) in [6.07, 6.45) is 1.24. The van der Waals surface area contributed by atoms with Crippen LogP contribution in [0, 0.1) is 5.41 Å². The third kappa shape index (κ3) is 3.88. The number of urea groups is 1. The van der Waals surface area contributed by atoms with E-state index in [-0.39, 0.29) is 23.8 Å². The highest BCUT2D eigenvalue weighted by atomic mass is 16.2. The van der Waals surface area contributed by atoms with Gasteiger partial charge in [-0.3, -0.25) is 24.7 Å². The first kappa shape index (κ1) is 26.4. The number of rotatable bonds is 4. The second-order valence-corrected chi connectivity index (χ2v) is 13.3. The van der Waals surface area contributed by atoms with E-state index in [9.17, 15) is 19.2 Å². The first-order valence-corrected chi connectivity index (χ1v) is 14.4. The maximum atomic E-state index is 12.8. The molecule has 3 aromatic rings. The Hall–Kier alpha value is -4.47. The number of anilines is 2. The molecule has 2 unspecified atom stereocenters. The van der Waals surface area contributed by atoms with E-state index in [0.29, 0.717) is 38.9 Å². The molecule has 10 heteroatoms. The van der Waals surface area contributed by atoms with Crippen LogP contribution in [-0.2, 0) is 39.2 Å². The van der Waals surface area contributed by atoms with Gasteiger partial charge < -0.3 is 20.4 Å². The molecule has 4 aliphatic rings. The Labute approximate surface area is 243 Å². The lowest BCUT2D eigenvalue weighted by Crippen LogP contribution is -2.50. The summed E-state index contributed by atoms with van der Waals surface area (Å²) in [5.74, 6) is -0.342. The van der Waals surface area contributed by atoms with Crippen LogP contribution in [0.5, 0.6) is 0 Å². The van der Waals surface area contributed by atoms with Crippen molar-refractivity contribution in [2.75, 3.05) is 30.4 Å². The second kappa shape index (κ2) is 8.77. The molecule has 2 aromatic carbocycles. The Morgan fingerprint density at radius 1 is 1.02 bits per heavy atom. The molecule has 1 saturated heterocycles. The lowest BCUT2D eigenvalue weighted by atomic mass is 9.75. The Morgan fingerprint density at radius 3 is 2.50 bits per heavy atom. The van der Waals surface area contributed by atoms with Gasteiger partial charge in [0.1, 0.15) is 5.54 Å². The summed E-state index contributed by atoms with van der Waals surface area (Å²) < 4.78 is 0. The molecule has 0 radical (unpaired) electrons. The molecule has 1 aliphatic carbocycles. The summed E-state index contributed by atoms with van der Waals surface area (Å²) in [5, 5.41) is 9.60. The van der Waals surface area contributed by atoms with Crippen molar-refractivity contribution in [3.05, 3.63) is 64.8 Å². The van der Waals surface area contributed by atoms with Crippen LogP contribution in [0.25, 0.3) is 10.9 Å². The molecule has 2 atom stereocenters. The summed E-state index contributed by atoms with van der Waals surface area (Å²) in [7, 11) is 1.68. The normalized spacial score (nSPS) is 24.2. The average Bonchev–Trinajstić information content (AvgIpc) is 3.52. The van der Waals surface area contributed by atoms with Crippen molar-refractivity contribution < 1.29 is 19.2 Å². The van der Waals surface area contributed by atoms with Gasteiger partial charge in [-0.1, -0.05) is 32.9 Å². The molecule has 42 heavy (non-hydrogen) atoms. The van der Waals surface area contributed by atoms with Gasteiger partial charge in [0.15, 0.2) is 0 Å². The largest absolute Gasteiger partial charge is 0.364 e. The number of pyridine rings is 1. The Morgan fingerprint density at radius 2 is 1.79 bits per heavy atom. The zero-order valence-electron chi connectivity index (χ0n) is 24.3. The fraction of sp³-hybridized carbons (Fsp3) is 0.406. The quantitative estimate of drug-likeness (QED) is 0.417. The predicted octanol–water partition coefficient (Wildman–Crippen LogP) is 3.02. The molecule has 5 amide bonds. The number of likely N-dealkylation sites (N-methyl/N-ethyl adjacent to an activating group) is 1. The van der Waals surface area contributed by atoms with Crippen LogP contribution in [0.2, 0.25) is 0 Å². The van der Waals surface area contributed by atoms with Crippen LogP contribution < -0.4 is 20.9 Å². The van der Waals surface area contributed by atoms with Crippen molar-refractivity contribution in [1.82, 2.24) is 20.5 Å². The van der Waals surface area contributed by atoms with Gasteiger partial charge in [0.2, 0.25) is 11.8 Å². The first-order valence-electron chi connectivity index (χ1n) is 14.4. The Balaban J connectivity index is 1.19. The van der Waals surface area contributed by atoms with Crippen molar-refractivity contribution in [3.8, 4) is 0 Å². The van der Waals surface area contributed by atoms with Crippen LogP contribution in [0.15, 0.2) is 42.5 Å². The standard InChI is InChI=1S/C32H34N6O4/c1-30(2,3)27(40)33-16-31-14-25(39)35-22-6-5-7-24(26(22)31)38(17-31)15-21-9-8-18-10-19-12-32(13-20(19)11-23(18)34-21)28(41)36-29(42)37(32)4/h5-11H,12-17H2,1-4H3,(H,33,40)(H,35,39)(H,36,41,42). The maximum Gasteiger partial charge on any atom is 0.324 e. The van der Waals surface area contributed by atoms with Gasteiger partial charge in [-0.2, -0.15) is 0 Å². The van der Waals surface area contributed by atoms with Gasteiger partial charge in [0, 0.05) is 72.6 Å². The zero-order chi connectivity index (χ0) is 29.6. The third-order valence-corrected chi connectivity index (χ3v) is 9.43. The third-order valence-electron chi connectivity index (χ3n) is 9.43. The van der Waals surface area contributed by atoms with E-state index >= 15 is 0 Å². The number of amides is 5. The van der Waals surface area contributed by atoms with E-state index in [1.54, 1.807) is 7.05 Å². The molecule has 4 heterocycles. The molecule has 216 valence electrons. The fourth-order valence-electron chi connectivity index (χ4n) is 7.15. The number of nitrogens with one attached hydrogen (secondary N) is 3. The molecule has 1 aromatic heterocycles. The molecule has 10 nitrogen and oxygen atoms in total. The highest BCUT2D eigenvalue weighted by Gasteiger charge is 2.54. The van der Waals surface area contributed by atoms with Crippen LogP contribution in [0.3, 0.4) is 0 Å². The molecule has 0 saturated carbocycles. The van der Waals surface area contributed by atoms with Gasteiger partial charge >= 0.3 is 6.03 Å². The van der Waals surface area contributed by atoms with Gasteiger partial charge in [-0.05, 0) is 41.5 Å². The molecule has 0 bridgehead atoms. The molecule has 3 aliphatic heterocycles. The minimum Gasteiger partial charge on any atom is -0.364 e. The zero-order valence-corrected chi connectivity index (χ0v) is 24.3. The highest BCUT2D eigenvalue weighted by Crippen LogP contribution is 2.49. The number of carbonyl (C=O) groups is 4. The van der Waals surface area contributed by atoms with Crippen molar-refractivity contribution >= 4 is 46.0 Å². The number of aromatic nitrogens is 1. The molecule has 1 fully saturated rings. The van der Waals surface area contributed by atoms with Crippen molar-refractivity contribution in [2.24, 2.45) is 5.41 Å². The summed E-state index contributed by atoms with van der Waals surface area (Å²) in [5.41, 5.74) is 4.77. The van der Waals surface area contributed by atoms with Crippen LogP contribution in [0.4, 0.5) is 16.2 Å². The van der Waals surface area contributed by atoms with E-state index < -0.39 is 16.4 Å². The summed E-state index contributed by atoms with van der Waals surface area (Å²) in [4.78, 5) is 59.4. The minimum absolute atomic E-state index is 0.0449. The summed E-state index contributed by atoms with van der Waals surface area (Å²) in [6, 6.07) is 13.8. The van der Waals surface area contributed by atoms with E-state index in [4.69, 9.17) is 4.98 Å². The van der Waals surface area contributed by atoms with Gasteiger partial charge in [-0.15, -0.1) is 0 Å². The average molecular weight is 567 g/mol. The monoisotopic (exact) mass is 566 g/mol. The number of fused-ring (bicyclic) bond motifs is 2. The van der Waals surface area contributed by atoms with Crippen molar-refractivity contribution in [2.45, 2.75) is 57.5 Å². The van der Waals surface area contributed by atoms with E-state index in [0.717, 1.165) is 44.7 Å².